The van der Waals surface area contributed by atoms with Crippen LogP contribution in [0.3, 0.4) is 0 Å². The molecular weight excluding hydrogens is 701 g/mol. The van der Waals surface area contributed by atoms with Crippen molar-refractivity contribution in [1.82, 2.24) is 15.1 Å². The van der Waals surface area contributed by atoms with E-state index in [2.05, 4.69) is 69.0 Å². The summed E-state index contributed by atoms with van der Waals surface area (Å²) in [6.07, 6.45) is 5.34. The van der Waals surface area contributed by atoms with Gasteiger partial charge < -0.3 is 34.9 Å². The molecule has 0 saturated carbocycles. The summed E-state index contributed by atoms with van der Waals surface area (Å²) in [5.74, 6) is 1.46. The van der Waals surface area contributed by atoms with Gasteiger partial charge in [0.25, 0.3) is 0 Å². The van der Waals surface area contributed by atoms with Gasteiger partial charge in [-0.2, -0.15) is 0 Å². The average molecular weight is 753 g/mol. The van der Waals surface area contributed by atoms with Crippen molar-refractivity contribution in [3.63, 3.8) is 0 Å². The second-order valence-electron chi connectivity index (χ2n) is 15.2. The Balaban J connectivity index is 0.894. The van der Waals surface area contributed by atoms with Crippen LogP contribution in [0, 0.1) is 0 Å². The molecule has 0 aromatic heterocycles. The highest BCUT2D eigenvalue weighted by Crippen LogP contribution is 2.39. The molecule has 9 heteroatoms. The molecule has 4 atom stereocenters. The number of carbonyl (C=O) groups is 1. The van der Waals surface area contributed by atoms with Crippen LogP contribution < -0.4 is 15.4 Å². The number of carbonyl (C=O) groups excluding carboxylic acids is 1. The van der Waals surface area contributed by atoms with Crippen molar-refractivity contribution in [2.45, 2.75) is 69.8 Å². The lowest BCUT2D eigenvalue weighted by Gasteiger charge is -2.39. The molecule has 3 heterocycles. The molecule has 5 aromatic carbocycles. The van der Waals surface area contributed by atoms with E-state index in [1.54, 1.807) is 0 Å². The predicted molar refractivity (Wildman–Crippen MR) is 219 cm³/mol. The Morgan fingerprint density at radius 3 is 2.23 bits per heavy atom. The Hall–Kier alpha value is -5.03. The van der Waals surface area contributed by atoms with Crippen LogP contribution in [-0.4, -0.2) is 65.8 Å². The molecule has 3 N–H and O–H groups in total. The lowest BCUT2D eigenvalue weighted by atomic mass is 9.98. The number of hydrogen-bond acceptors (Lipinski definition) is 7. The van der Waals surface area contributed by atoms with Gasteiger partial charge in [0.05, 0.1) is 18.8 Å². The van der Waals surface area contributed by atoms with Crippen LogP contribution in [0.1, 0.15) is 66.8 Å². The Bertz CT molecular complexity index is 2000. The first-order valence-electron chi connectivity index (χ1n) is 20.1. The lowest BCUT2D eigenvalue weighted by molar-refractivity contribution is -0.253. The zero-order chi connectivity index (χ0) is 38.1. The second-order valence-corrected chi connectivity index (χ2v) is 15.2. The van der Waals surface area contributed by atoms with E-state index in [1.807, 2.05) is 78.9 Å². The quantitative estimate of drug-likeness (QED) is 0.111. The van der Waals surface area contributed by atoms with Crippen LogP contribution in [-0.2, 0) is 22.6 Å². The minimum absolute atomic E-state index is 0.0240. The summed E-state index contributed by atoms with van der Waals surface area (Å²) < 4.78 is 19.3. The predicted octanol–water partition coefficient (Wildman–Crippen LogP) is 9.07. The highest BCUT2D eigenvalue weighted by atomic mass is 16.7. The van der Waals surface area contributed by atoms with Gasteiger partial charge in [0.1, 0.15) is 11.5 Å². The second kappa shape index (κ2) is 18.3. The van der Waals surface area contributed by atoms with E-state index >= 15 is 0 Å². The third kappa shape index (κ3) is 9.85. The topological polar surface area (TPSA) is 95.5 Å². The Morgan fingerprint density at radius 2 is 1.46 bits per heavy atom. The van der Waals surface area contributed by atoms with Gasteiger partial charge in [0.15, 0.2) is 6.29 Å². The first-order chi connectivity index (χ1) is 27.5. The molecule has 3 fully saturated rings. The van der Waals surface area contributed by atoms with Gasteiger partial charge in [-0.05, 0) is 116 Å². The van der Waals surface area contributed by atoms with Crippen molar-refractivity contribution in [3.8, 4) is 22.6 Å². The van der Waals surface area contributed by atoms with Gasteiger partial charge in [0, 0.05) is 43.3 Å². The Kier molecular flexibility index (Phi) is 12.4. The fraction of sp³-hybridized carbons (Fsp3) is 0.340. The maximum Gasteiger partial charge on any atom is 0.319 e. The molecule has 56 heavy (non-hydrogen) atoms. The maximum atomic E-state index is 12.8. The zero-order valence-electron chi connectivity index (χ0n) is 31.9. The van der Waals surface area contributed by atoms with Crippen LogP contribution in [0.15, 0.2) is 127 Å². The minimum atomic E-state index is -0.494. The SMILES string of the molecule is O=C(NCc1cccc(-c2ccc([C@@H]3O[C@H](CN4CCC[C@H]4CN4CCCC4)C[C@H](c4ccc(CO)cc4)O3)cc2)c1)Nc1ccc(Oc2ccccc2)cc1. The summed E-state index contributed by atoms with van der Waals surface area (Å²) in [5.41, 5.74) is 6.80. The molecular formula is C47H52N4O5. The van der Waals surface area contributed by atoms with Gasteiger partial charge in [-0.15, -0.1) is 0 Å². The van der Waals surface area contributed by atoms with E-state index in [-0.39, 0.29) is 24.8 Å². The van der Waals surface area contributed by atoms with Crippen LogP contribution in [0.2, 0.25) is 0 Å². The lowest BCUT2D eigenvalue weighted by Crippen LogP contribution is -2.45. The molecule has 0 bridgehead atoms. The zero-order valence-corrected chi connectivity index (χ0v) is 31.9. The van der Waals surface area contributed by atoms with Crippen molar-refractivity contribution in [3.05, 3.63) is 150 Å². The molecule has 3 aliphatic heterocycles. The van der Waals surface area contributed by atoms with E-state index in [9.17, 15) is 9.90 Å². The summed E-state index contributed by atoms with van der Waals surface area (Å²) in [6, 6.07) is 42.0. The van der Waals surface area contributed by atoms with Crippen molar-refractivity contribution in [2.75, 3.05) is 38.0 Å². The van der Waals surface area contributed by atoms with Crippen molar-refractivity contribution >= 4 is 11.7 Å². The number of rotatable bonds is 13. The summed E-state index contributed by atoms with van der Waals surface area (Å²) in [6.45, 7) is 6.03. The first-order valence-corrected chi connectivity index (χ1v) is 20.1. The number of hydrogen-bond donors (Lipinski definition) is 3. The van der Waals surface area contributed by atoms with Crippen LogP contribution in [0.25, 0.3) is 11.1 Å². The molecule has 5 aromatic rings. The summed E-state index contributed by atoms with van der Waals surface area (Å²) in [5, 5.41) is 15.5. The molecule has 8 rings (SSSR count). The normalized spacial score (nSPS) is 21.5. The van der Waals surface area contributed by atoms with E-state index in [4.69, 9.17) is 14.2 Å². The molecule has 3 saturated heterocycles. The number of aliphatic hydroxyl groups is 1. The number of ether oxygens (including phenoxy) is 3. The van der Waals surface area contributed by atoms with E-state index in [1.165, 1.54) is 38.8 Å². The number of para-hydroxylation sites is 1. The van der Waals surface area contributed by atoms with Gasteiger partial charge in [-0.1, -0.05) is 84.9 Å². The van der Waals surface area contributed by atoms with Gasteiger partial charge in [-0.25, -0.2) is 4.79 Å². The third-order valence-electron chi connectivity index (χ3n) is 11.2. The first kappa shape index (κ1) is 37.9. The van der Waals surface area contributed by atoms with Crippen LogP contribution in [0.5, 0.6) is 11.5 Å². The minimum Gasteiger partial charge on any atom is -0.457 e. The highest BCUT2D eigenvalue weighted by Gasteiger charge is 2.36. The number of amides is 2. The largest absolute Gasteiger partial charge is 0.457 e. The average Bonchev–Trinajstić information content (AvgIpc) is 3.93. The summed E-state index contributed by atoms with van der Waals surface area (Å²) in [7, 11) is 0. The summed E-state index contributed by atoms with van der Waals surface area (Å²) >= 11 is 0. The molecule has 0 radical (unpaired) electrons. The van der Waals surface area contributed by atoms with Gasteiger partial charge >= 0.3 is 6.03 Å². The standard InChI is InChI=1S/C47H52N4O5/c52-33-34-13-15-37(16-14-34)45-29-44(32-51-27-7-10-41(51)31-50-25-4-5-26-50)55-46(56-45)38-19-17-36(18-20-38)39-9-6-8-35(28-39)30-48-47(53)49-40-21-23-43(24-22-40)54-42-11-2-1-3-12-42/h1-3,6,8-9,11-24,28,41,44-46,52H,4-5,7,10,25-27,29-33H2,(H2,48,49,53)/t41-,44-,45+,46+/m0/s1. The fourth-order valence-corrected chi connectivity index (χ4v) is 8.18. The number of aliphatic hydroxyl groups excluding tert-OH is 1. The molecule has 0 aliphatic carbocycles. The van der Waals surface area contributed by atoms with Crippen LogP contribution >= 0.6 is 0 Å². The number of anilines is 1. The molecule has 2 amide bonds. The molecule has 0 unspecified atom stereocenters. The number of likely N-dealkylation sites (tertiary alicyclic amines) is 2. The van der Waals surface area contributed by atoms with Gasteiger partial charge in [0.2, 0.25) is 0 Å². The van der Waals surface area contributed by atoms with E-state index in [0.29, 0.717) is 24.0 Å². The number of nitrogens with zero attached hydrogens (tertiary/aromatic N) is 2. The molecule has 0 spiro atoms. The maximum absolute atomic E-state index is 12.8. The summed E-state index contributed by atoms with van der Waals surface area (Å²) in [4.78, 5) is 18.1. The fourth-order valence-electron chi connectivity index (χ4n) is 8.18. The van der Waals surface area contributed by atoms with E-state index < -0.39 is 6.29 Å². The highest BCUT2D eigenvalue weighted by molar-refractivity contribution is 5.89. The monoisotopic (exact) mass is 752 g/mol. The number of nitrogens with one attached hydrogen (secondary N) is 2. The molecule has 290 valence electrons. The van der Waals surface area contributed by atoms with Crippen molar-refractivity contribution in [1.29, 1.82) is 0 Å². The number of urea groups is 1. The third-order valence-corrected chi connectivity index (χ3v) is 11.2. The van der Waals surface area contributed by atoms with E-state index in [0.717, 1.165) is 65.2 Å². The Labute approximate surface area is 330 Å². The smallest absolute Gasteiger partial charge is 0.319 e. The Morgan fingerprint density at radius 1 is 0.714 bits per heavy atom. The van der Waals surface area contributed by atoms with Gasteiger partial charge in [-0.3, -0.25) is 4.90 Å². The molecule has 3 aliphatic rings. The van der Waals surface area contributed by atoms with Crippen LogP contribution in [0.4, 0.5) is 10.5 Å². The molecule has 9 nitrogen and oxygen atoms in total. The number of benzene rings is 5. The van der Waals surface area contributed by atoms with Crippen molar-refractivity contribution in [2.24, 2.45) is 0 Å². The van der Waals surface area contributed by atoms with Crippen molar-refractivity contribution < 1.29 is 24.1 Å².